The van der Waals surface area contributed by atoms with Crippen LogP contribution < -0.4 is 10.6 Å². The van der Waals surface area contributed by atoms with Crippen LogP contribution in [0.2, 0.25) is 0 Å². The molecule has 124 valence electrons. The van der Waals surface area contributed by atoms with Crippen LogP contribution in [-0.2, 0) is 19.3 Å². The van der Waals surface area contributed by atoms with E-state index in [-0.39, 0.29) is 0 Å². The molecule has 1 aromatic carbocycles. The summed E-state index contributed by atoms with van der Waals surface area (Å²) in [6.07, 6.45) is -4.33. The molecule has 0 spiro atoms. The maximum Gasteiger partial charge on any atom is 0.416 e. The molecular formula is C14H16F3N5O. The van der Waals surface area contributed by atoms with Gasteiger partial charge in [-0.25, -0.2) is 0 Å². The number of alkyl halides is 3. The van der Waals surface area contributed by atoms with Crippen LogP contribution in [0.1, 0.15) is 22.8 Å². The Morgan fingerprint density at radius 1 is 1.17 bits per heavy atom. The summed E-state index contributed by atoms with van der Waals surface area (Å²) in [7, 11) is 1.59. The van der Waals surface area contributed by atoms with Gasteiger partial charge < -0.3 is 15.2 Å². The monoisotopic (exact) mass is 327 g/mol. The van der Waals surface area contributed by atoms with Crippen molar-refractivity contribution >= 4 is 5.96 Å². The number of nitrogens with zero attached hydrogens (tertiary/aromatic N) is 3. The van der Waals surface area contributed by atoms with Crippen LogP contribution in [0.5, 0.6) is 0 Å². The number of aromatic nitrogens is 2. The molecule has 9 heteroatoms. The quantitative estimate of drug-likeness (QED) is 0.665. The van der Waals surface area contributed by atoms with Gasteiger partial charge >= 0.3 is 6.18 Å². The minimum absolute atomic E-state index is 0.323. The van der Waals surface area contributed by atoms with E-state index in [4.69, 9.17) is 4.52 Å². The van der Waals surface area contributed by atoms with Crippen molar-refractivity contribution in [2.45, 2.75) is 26.2 Å². The maximum atomic E-state index is 12.5. The Hall–Kier alpha value is -2.58. The van der Waals surface area contributed by atoms with Crippen molar-refractivity contribution in [3.8, 4) is 0 Å². The van der Waals surface area contributed by atoms with Crippen LogP contribution in [-0.4, -0.2) is 23.1 Å². The number of benzene rings is 1. The fourth-order valence-corrected chi connectivity index (χ4v) is 1.79. The molecule has 1 aromatic heterocycles. The Morgan fingerprint density at radius 3 is 2.35 bits per heavy atom. The third-order valence-electron chi connectivity index (χ3n) is 2.95. The van der Waals surface area contributed by atoms with E-state index in [0.29, 0.717) is 36.3 Å². The molecule has 0 aliphatic carbocycles. The van der Waals surface area contributed by atoms with E-state index in [2.05, 4.69) is 25.8 Å². The van der Waals surface area contributed by atoms with Crippen molar-refractivity contribution in [3.63, 3.8) is 0 Å². The maximum absolute atomic E-state index is 12.5. The summed E-state index contributed by atoms with van der Waals surface area (Å²) in [4.78, 5) is 8.05. The molecule has 0 aliphatic heterocycles. The zero-order chi connectivity index (χ0) is 16.9. The normalized spacial score (nSPS) is 12.3. The van der Waals surface area contributed by atoms with Gasteiger partial charge in [-0.05, 0) is 17.7 Å². The zero-order valence-electron chi connectivity index (χ0n) is 12.6. The average molecular weight is 327 g/mol. The van der Waals surface area contributed by atoms with Crippen LogP contribution in [0.15, 0.2) is 33.8 Å². The summed E-state index contributed by atoms with van der Waals surface area (Å²) in [5.41, 5.74) is 0.0348. The minimum Gasteiger partial charge on any atom is -0.352 e. The Morgan fingerprint density at radius 2 is 1.83 bits per heavy atom. The summed E-state index contributed by atoms with van der Waals surface area (Å²) >= 11 is 0. The zero-order valence-corrected chi connectivity index (χ0v) is 12.6. The third-order valence-corrected chi connectivity index (χ3v) is 2.95. The Labute approximate surface area is 130 Å². The molecule has 0 saturated carbocycles. The fourth-order valence-electron chi connectivity index (χ4n) is 1.79. The second-order valence-electron chi connectivity index (χ2n) is 4.70. The van der Waals surface area contributed by atoms with Gasteiger partial charge in [0.2, 0.25) is 5.89 Å². The number of halogens is 3. The van der Waals surface area contributed by atoms with Crippen molar-refractivity contribution in [2.24, 2.45) is 4.99 Å². The van der Waals surface area contributed by atoms with Gasteiger partial charge in [-0.3, -0.25) is 4.99 Å². The minimum atomic E-state index is -4.33. The third kappa shape index (κ3) is 4.97. The number of guanidine groups is 1. The highest BCUT2D eigenvalue weighted by Gasteiger charge is 2.29. The van der Waals surface area contributed by atoms with Gasteiger partial charge in [0, 0.05) is 20.5 Å². The number of hydrogen-bond acceptors (Lipinski definition) is 4. The van der Waals surface area contributed by atoms with E-state index in [1.165, 1.54) is 12.1 Å². The molecule has 0 amide bonds. The van der Waals surface area contributed by atoms with Crippen LogP contribution >= 0.6 is 0 Å². The second kappa shape index (κ2) is 7.12. The van der Waals surface area contributed by atoms with Gasteiger partial charge in [0.25, 0.3) is 0 Å². The highest BCUT2D eigenvalue weighted by atomic mass is 19.4. The predicted octanol–water partition coefficient (Wildman–Crippen LogP) is 2.26. The molecule has 0 fully saturated rings. The molecule has 6 nitrogen and oxygen atoms in total. The van der Waals surface area contributed by atoms with Crippen LogP contribution in [0.3, 0.4) is 0 Å². The van der Waals surface area contributed by atoms with E-state index in [1.807, 2.05) is 0 Å². The highest BCUT2D eigenvalue weighted by molar-refractivity contribution is 5.79. The van der Waals surface area contributed by atoms with Crippen LogP contribution in [0.4, 0.5) is 13.2 Å². The number of rotatable bonds is 4. The molecule has 2 rings (SSSR count). The van der Waals surface area contributed by atoms with Crippen LogP contribution in [0, 0.1) is 6.92 Å². The van der Waals surface area contributed by atoms with Crippen molar-refractivity contribution in [3.05, 3.63) is 47.1 Å². The topological polar surface area (TPSA) is 75.3 Å². The van der Waals surface area contributed by atoms with E-state index in [9.17, 15) is 13.2 Å². The Bertz CT molecular complexity index is 664. The highest BCUT2D eigenvalue weighted by Crippen LogP contribution is 2.28. The summed E-state index contributed by atoms with van der Waals surface area (Å²) in [6, 6.07) is 4.95. The van der Waals surface area contributed by atoms with Gasteiger partial charge in [-0.1, -0.05) is 17.3 Å². The molecule has 0 atom stereocenters. The molecule has 0 radical (unpaired) electrons. The smallest absolute Gasteiger partial charge is 0.352 e. The molecule has 2 N–H and O–H groups in total. The van der Waals surface area contributed by atoms with E-state index in [0.717, 1.165) is 12.1 Å². The first-order chi connectivity index (χ1) is 10.9. The number of aryl methyl sites for hydroxylation is 1. The SMILES string of the molecule is CN=C(NCc1ccc(C(F)(F)F)cc1)NCc1noc(C)n1. The van der Waals surface area contributed by atoms with Crippen LogP contribution in [0.25, 0.3) is 0 Å². The predicted molar refractivity (Wildman–Crippen MR) is 77.5 cm³/mol. The summed E-state index contributed by atoms with van der Waals surface area (Å²) in [5, 5.41) is 9.71. The summed E-state index contributed by atoms with van der Waals surface area (Å²) < 4.78 is 42.3. The van der Waals surface area contributed by atoms with Crippen molar-refractivity contribution in [2.75, 3.05) is 7.05 Å². The van der Waals surface area contributed by atoms with Crippen molar-refractivity contribution in [1.82, 2.24) is 20.8 Å². The molecule has 0 aliphatic rings. The molecule has 0 saturated heterocycles. The standard InChI is InChI=1S/C14H16F3N5O/c1-9-21-12(22-23-9)8-20-13(18-2)19-7-10-3-5-11(6-4-10)14(15,16)17/h3-6H,7-8H2,1-2H3,(H2,18,19,20). The van der Waals surface area contributed by atoms with Gasteiger partial charge in [0.15, 0.2) is 11.8 Å². The van der Waals surface area contributed by atoms with Crippen molar-refractivity contribution < 1.29 is 17.7 Å². The first-order valence-electron chi connectivity index (χ1n) is 6.78. The largest absolute Gasteiger partial charge is 0.416 e. The first-order valence-corrected chi connectivity index (χ1v) is 6.78. The summed E-state index contributed by atoms with van der Waals surface area (Å²) in [6.45, 7) is 2.35. The molecule has 23 heavy (non-hydrogen) atoms. The lowest BCUT2D eigenvalue weighted by Gasteiger charge is -2.11. The van der Waals surface area contributed by atoms with Gasteiger partial charge in [-0.2, -0.15) is 18.2 Å². The number of aliphatic imine (C=N–C) groups is 1. The van der Waals surface area contributed by atoms with E-state index in [1.54, 1.807) is 14.0 Å². The van der Waals surface area contributed by atoms with Gasteiger partial charge in [0.1, 0.15) is 0 Å². The second-order valence-corrected chi connectivity index (χ2v) is 4.70. The average Bonchev–Trinajstić information content (AvgIpc) is 2.92. The lowest BCUT2D eigenvalue weighted by atomic mass is 10.1. The lowest BCUT2D eigenvalue weighted by Crippen LogP contribution is -2.36. The summed E-state index contributed by atoms with van der Waals surface area (Å²) in [5.74, 6) is 1.43. The fraction of sp³-hybridized carbons (Fsp3) is 0.357. The van der Waals surface area contributed by atoms with Gasteiger partial charge in [0.05, 0.1) is 12.1 Å². The molecule has 1 heterocycles. The number of hydrogen-bond donors (Lipinski definition) is 2. The lowest BCUT2D eigenvalue weighted by molar-refractivity contribution is -0.137. The molecular weight excluding hydrogens is 311 g/mol. The first kappa shape index (κ1) is 16.8. The van der Waals surface area contributed by atoms with Gasteiger partial charge in [-0.15, -0.1) is 0 Å². The Kier molecular flexibility index (Phi) is 5.20. The number of nitrogens with one attached hydrogen (secondary N) is 2. The van der Waals surface area contributed by atoms with Crippen molar-refractivity contribution in [1.29, 1.82) is 0 Å². The Balaban J connectivity index is 1.85. The molecule has 2 aromatic rings. The molecule has 0 bridgehead atoms. The van der Waals surface area contributed by atoms with E-state index >= 15 is 0 Å². The molecule has 0 unspecified atom stereocenters. The van der Waals surface area contributed by atoms with E-state index < -0.39 is 11.7 Å².